The first-order valence-electron chi connectivity index (χ1n) is 4.48. The molecule has 1 N–H and O–H groups in total. The van der Waals surface area contributed by atoms with Crippen molar-refractivity contribution in [2.75, 3.05) is 0 Å². The van der Waals surface area contributed by atoms with E-state index < -0.39 is 6.29 Å². The molecule has 1 unspecified atom stereocenters. The van der Waals surface area contributed by atoms with Crippen molar-refractivity contribution in [2.24, 2.45) is 5.16 Å². The van der Waals surface area contributed by atoms with Crippen LogP contribution in [0.2, 0.25) is 0 Å². The first-order valence-corrected chi connectivity index (χ1v) is 4.48. The van der Waals surface area contributed by atoms with Crippen LogP contribution in [-0.2, 0) is 4.84 Å². The van der Waals surface area contributed by atoms with E-state index in [2.05, 4.69) is 9.99 Å². The molecule has 0 aliphatic carbocycles. The van der Waals surface area contributed by atoms with Crippen molar-refractivity contribution in [3.05, 3.63) is 42.0 Å². The van der Waals surface area contributed by atoms with Crippen molar-refractivity contribution in [2.45, 2.75) is 12.7 Å². The zero-order valence-corrected chi connectivity index (χ0v) is 7.63. The third kappa shape index (κ3) is 2.20. The van der Waals surface area contributed by atoms with E-state index in [0.29, 0.717) is 6.42 Å². The molecule has 1 aromatic rings. The molecular weight excluding hydrogens is 178 g/mol. The fourth-order valence-electron chi connectivity index (χ4n) is 1.24. The minimum absolute atomic E-state index is 0.462. The zero-order valence-electron chi connectivity index (χ0n) is 7.63. The summed E-state index contributed by atoms with van der Waals surface area (Å²) in [7, 11) is 0. The second kappa shape index (κ2) is 4.07. The third-order valence-corrected chi connectivity index (χ3v) is 1.94. The Labute approximate surface area is 82.3 Å². The second-order valence-electron chi connectivity index (χ2n) is 3.09. The summed E-state index contributed by atoms with van der Waals surface area (Å²) in [5, 5.41) is 12.7. The van der Waals surface area contributed by atoms with Gasteiger partial charge in [0.25, 0.3) is 0 Å². The second-order valence-corrected chi connectivity index (χ2v) is 3.09. The Balaban J connectivity index is 2.01. The molecule has 1 aromatic carbocycles. The number of hydrogen-bond acceptors (Lipinski definition) is 3. The van der Waals surface area contributed by atoms with Crippen LogP contribution in [0.4, 0.5) is 0 Å². The predicted octanol–water partition coefficient (Wildman–Crippen LogP) is 1.79. The summed E-state index contributed by atoms with van der Waals surface area (Å²) in [6.07, 6.45) is 3.49. The average Bonchev–Trinajstić information content (AvgIpc) is 2.63. The molecule has 3 heteroatoms. The van der Waals surface area contributed by atoms with Crippen molar-refractivity contribution in [1.82, 2.24) is 0 Å². The van der Waals surface area contributed by atoms with E-state index in [0.717, 1.165) is 11.3 Å². The van der Waals surface area contributed by atoms with Gasteiger partial charge in [-0.05, 0) is 11.6 Å². The lowest BCUT2D eigenvalue weighted by atomic mass is 10.2. The van der Waals surface area contributed by atoms with E-state index in [1.54, 1.807) is 0 Å². The highest BCUT2D eigenvalue weighted by Crippen LogP contribution is 2.10. The molecule has 0 bridgehead atoms. The highest BCUT2D eigenvalue weighted by molar-refractivity contribution is 5.98. The highest BCUT2D eigenvalue weighted by atomic mass is 16.7. The Morgan fingerprint density at radius 2 is 2.07 bits per heavy atom. The van der Waals surface area contributed by atoms with Gasteiger partial charge in [-0.25, -0.2) is 0 Å². The van der Waals surface area contributed by atoms with Crippen LogP contribution in [0.5, 0.6) is 0 Å². The van der Waals surface area contributed by atoms with Gasteiger partial charge < -0.3 is 9.94 Å². The van der Waals surface area contributed by atoms with E-state index in [1.165, 1.54) is 0 Å². The van der Waals surface area contributed by atoms with Crippen LogP contribution in [0, 0.1) is 0 Å². The monoisotopic (exact) mass is 189 g/mol. The molecule has 0 saturated heterocycles. The maximum atomic E-state index is 9.03. The van der Waals surface area contributed by atoms with Crippen LogP contribution in [-0.4, -0.2) is 17.1 Å². The smallest absolute Gasteiger partial charge is 0.230 e. The van der Waals surface area contributed by atoms with E-state index in [-0.39, 0.29) is 0 Å². The summed E-state index contributed by atoms with van der Waals surface area (Å²) >= 11 is 0. The number of rotatable bonds is 2. The van der Waals surface area contributed by atoms with Gasteiger partial charge in [0.1, 0.15) is 0 Å². The summed E-state index contributed by atoms with van der Waals surface area (Å²) in [6, 6.07) is 9.92. The quantitative estimate of drug-likeness (QED) is 0.770. The molecule has 72 valence electrons. The van der Waals surface area contributed by atoms with Crippen molar-refractivity contribution in [3.8, 4) is 0 Å². The minimum atomic E-state index is -0.773. The number of oxime groups is 1. The molecule has 1 aliphatic heterocycles. The maximum absolute atomic E-state index is 9.03. The van der Waals surface area contributed by atoms with Gasteiger partial charge >= 0.3 is 0 Å². The van der Waals surface area contributed by atoms with Gasteiger partial charge in [0.15, 0.2) is 0 Å². The summed E-state index contributed by atoms with van der Waals surface area (Å²) in [6.45, 7) is 0. The van der Waals surface area contributed by atoms with Crippen molar-refractivity contribution < 1.29 is 9.94 Å². The van der Waals surface area contributed by atoms with Crippen LogP contribution >= 0.6 is 0 Å². The van der Waals surface area contributed by atoms with Gasteiger partial charge in [-0.3, -0.25) is 0 Å². The molecule has 0 amide bonds. The molecule has 1 heterocycles. The molecule has 0 fully saturated rings. The van der Waals surface area contributed by atoms with Gasteiger partial charge in [-0.2, -0.15) is 0 Å². The SMILES string of the molecule is OC1CC(/C=C/c2ccccc2)=NO1. The van der Waals surface area contributed by atoms with Crippen molar-refractivity contribution in [1.29, 1.82) is 0 Å². The lowest BCUT2D eigenvalue weighted by molar-refractivity contribution is -0.0762. The molecule has 1 aliphatic rings. The standard InChI is InChI=1S/C11H11NO2/c13-11-8-10(12-14-11)7-6-9-4-2-1-3-5-9/h1-7,11,13H,8H2/b7-6+. The molecule has 14 heavy (non-hydrogen) atoms. The number of allylic oxidation sites excluding steroid dienone is 1. The van der Waals surface area contributed by atoms with E-state index >= 15 is 0 Å². The summed E-state index contributed by atoms with van der Waals surface area (Å²) < 4.78 is 0. The zero-order chi connectivity index (χ0) is 9.80. The molecule has 1 atom stereocenters. The Morgan fingerprint density at radius 3 is 2.71 bits per heavy atom. The van der Waals surface area contributed by atoms with Gasteiger partial charge in [0.2, 0.25) is 6.29 Å². The fourth-order valence-corrected chi connectivity index (χ4v) is 1.24. The van der Waals surface area contributed by atoms with Gasteiger partial charge in [-0.15, -0.1) is 0 Å². The largest absolute Gasteiger partial charge is 0.363 e. The molecular formula is C11H11NO2. The van der Waals surface area contributed by atoms with E-state index in [1.807, 2.05) is 42.5 Å². The first kappa shape index (κ1) is 8.97. The normalized spacial score (nSPS) is 20.9. The fraction of sp³-hybridized carbons (Fsp3) is 0.182. The average molecular weight is 189 g/mol. The molecule has 0 spiro atoms. The van der Waals surface area contributed by atoms with E-state index in [9.17, 15) is 0 Å². The Hall–Kier alpha value is -1.61. The minimum Gasteiger partial charge on any atom is -0.363 e. The summed E-state index contributed by atoms with van der Waals surface area (Å²) in [5.74, 6) is 0. The van der Waals surface area contributed by atoms with Crippen LogP contribution in [0.15, 0.2) is 41.6 Å². The maximum Gasteiger partial charge on any atom is 0.230 e. The molecule has 0 radical (unpaired) electrons. The molecule has 0 saturated carbocycles. The summed E-state index contributed by atoms with van der Waals surface area (Å²) in [4.78, 5) is 4.65. The number of hydrogen-bond donors (Lipinski definition) is 1. The number of nitrogens with zero attached hydrogens (tertiary/aromatic N) is 1. The van der Waals surface area contributed by atoms with Crippen LogP contribution in [0.3, 0.4) is 0 Å². The number of aliphatic hydroxyl groups is 1. The summed E-state index contributed by atoms with van der Waals surface area (Å²) in [5.41, 5.74) is 1.87. The predicted molar refractivity (Wildman–Crippen MR) is 54.6 cm³/mol. The number of aliphatic hydroxyl groups excluding tert-OH is 1. The highest BCUT2D eigenvalue weighted by Gasteiger charge is 2.14. The topological polar surface area (TPSA) is 41.8 Å². The molecule has 0 aromatic heterocycles. The van der Waals surface area contributed by atoms with Crippen molar-refractivity contribution in [3.63, 3.8) is 0 Å². The van der Waals surface area contributed by atoms with Crippen molar-refractivity contribution >= 4 is 11.8 Å². The lowest BCUT2D eigenvalue weighted by Gasteiger charge is -1.93. The lowest BCUT2D eigenvalue weighted by Crippen LogP contribution is -2.03. The third-order valence-electron chi connectivity index (χ3n) is 1.94. The number of benzene rings is 1. The molecule has 3 nitrogen and oxygen atoms in total. The Kier molecular flexibility index (Phi) is 2.60. The van der Waals surface area contributed by atoms with Gasteiger partial charge in [-0.1, -0.05) is 41.6 Å². The van der Waals surface area contributed by atoms with Crippen LogP contribution in [0.1, 0.15) is 12.0 Å². The first-order chi connectivity index (χ1) is 6.84. The Morgan fingerprint density at radius 1 is 1.29 bits per heavy atom. The Bertz CT molecular complexity index is 357. The van der Waals surface area contributed by atoms with Crippen LogP contribution in [0.25, 0.3) is 6.08 Å². The van der Waals surface area contributed by atoms with E-state index in [4.69, 9.17) is 5.11 Å². The van der Waals surface area contributed by atoms with Crippen LogP contribution < -0.4 is 0 Å². The molecule has 2 rings (SSSR count). The van der Waals surface area contributed by atoms with Gasteiger partial charge in [0.05, 0.1) is 12.1 Å². The van der Waals surface area contributed by atoms with Gasteiger partial charge in [0, 0.05) is 0 Å².